The summed E-state index contributed by atoms with van der Waals surface area (Å²) in [5.74, 6) is 4.12. The van der Waals surface area contributed by atoms with E-state index in [2.05, 4.69) is 182 Å². The first-order chi connectivity index (χ1) is 34.2. The minimum atomic E-state index is -0.814. The molecule has 12 aromatic rings. The van der Waals surface area contributed by atoms with E-state index in [1.807, 2.05) is 42.5 Å². The first kappa shape index (κ1) is 39.3. The van der Waals surface area contributed by atoms with Gasteiger partial charge in [-0.05, 0) is 57.6 Å². The minimum Gasteiger partial charge on any atom is -0.457 e. The molecule has 69 heavy (non-hydrogen) atoms. The molecule has 2 aliphatic rings. The van der Waals surface area contributed by atoms with Gasteiger partial charge in [0.05, 0.1) is 21.3 Å². The normalized spacial score (nSPS) is 12.9. The average molecular weight is 900 g/mol. The van der Waals surface area contributed by atoms with Gasteiger partial charge >= 0.3 is 0 Å². The van der Waals surface area contributed by atoms with Crippen molar-refractivity contribution in [2.24, 2.45) is 0 Å². The van der Waals surface area contributed by atoms with Gasteiger partial charge in [0.1, 0.15) is 11.5 Å². The lowest BCUT2D eigenvalue weighted by Crippen LogP contribution is -2.32. The first-order valence-corrected chi connectivity index (χ1v) is 23.9. The largest absolute Gasteiger partial charge is 0.457 e. The monoisotopic (exact) mass is 899 g/mol. The van der Waals surface area contributed by atoms with Crippen molar-refractivity contribution in [2.75, 3.05) is 0 Å². The van der Waals surface area contributed by atoms with Crippen LogP contribution in [-0.4, -0.2) is 24.9 Å². The quantitative estimate of drug-likeness (QED) is 0.166. The van der Waals surface area contributed by atoms with Crippen LogP contribution in [0.15, 0.2) is 224 Å². The lowest BCUT2D eigenvalue weighted by atomic mass is 9.65. The molecule has 0 amide bonds. The third kappa shape index (κ3) is 6.07. The maximum atomic E-state index is 6.81. The van der Waals surface area contributed by atoms with Crippen LogP contribution in [0.2, 0.25) is 0 Å². The summed E-state index contributed by atoms with van der Waals surface area (Å²) in [6, 6.07) is 78.3. The molecule has 0 N–H and O–H groups in total. The van der Waals surface area contributed by atoms with Gasteiger partial charge in [0.2, 0.25) is 0 Å². The van der Waals surface area contributed by atoms with Crippen molar-refractivity contribution in [1.82, 2.24) is 24.9 Å². The van der Waals surface area contributed by atoms with Crippen molar-refractivity contribution < 1.29 is 4.74 Å². The highest BCUT2D eigenvalue weighted by Gasteiger charge is 2.53. The van der Waals surface area contributed by atoms with Crippen LogP contribution in [-0.2, 0) is 5.41 Å². The highest BCUT2D eigenvalue weighted by Crippen LogP contribution is 2.65. The van der Waals surface area contributed by atoms with Crippen molar-refractivity contribution in [3.8, 4) is 90.6 Å². The Hall–Kier alpha value is -8.91. The van der Waals surface area contributed by atoms with E-state index in [-0.39, 0.29) is 0 Å². The van der Waals surface area contributed by atoms with Gasteiger partial charge in [-0.1, -0.05) is 200 Å². The van der Waals surface area contributed by atoms with Crippen molar-refractivity contribution in [1.29, 1.82) is 0 Å². The van der Waals surface area contributed by atoms with Gasteiger partial charge in [0.15, 0.2) is 23.3 Å². The van der Waals surface area contributed by atoms with E-state index in [1.54, 1.807) is 11.3 Å². The Morgan fingerprint density at radius 1 is 0.362 bits per heavy atom. The summed E-state index contributed by atoms with van der Waals surface area (Å²) in [6.45, 7) is 0. The van der Waals surface area contributed by atoms with E-state index in [0.717, 1.165) is 105 Å². The zero-order chi connectivity index (χ0) is 45.5. The Morgan fingerprint density at radius 2 is 0.870 bits per heavy atom. The molecule has 7 heteroatoms. The minimum absolute atomic E-state index is 0.597. The summed E-state index contributed by atoms with van der Waals surface area (Å²) < 4.78 is 9.09. The van der Waals surface area contributed by atoms with E-state index in [0.29, 0.717) is 23.3 Å². The van der Waals surface area contributed by atoms with Gasteiger partial charge in [-0.3, -0.25) is 0 Å². The Bertz CT molecular complexity index is 3900. The second-order valence-electron chi connectivity index (χ2n) is 17.5. The maximum absolute atomic E-state index is 6.81. The summed E-state index contributed by atoms with van der Waals surface area (Å²) in [5, 5.41) is 1.13. The fourth-order valence-electron chi connectivity index (χ4n) is 10.7. The van der Waals surface area contributed by atoms with Crippen LogP contribution in [0, 0.1) is 0 Å². The van der Waals surface area contributed by atoms with Gasteiger partial charge in [0, 0.05) is 49.0 Å². The number of rotatable bonds is 6. The number of hydrogen-bond donors (Lipinski definition) is 0. The van der Waals surface area contributed by atoms with Gasteiger partial charge in [-0.25, -0.2) is 24.9 Å². The second kappa shape index (κ2) is 15.6. The average Bonchev–Trinajstić information content (AvgIpc) is 3.95. The molecule has 0 bridgehead atoms. The fraction of sp³-hybridized carbons (Fsp3) is 0.0161. The van der Waals surface area contributed by atoms with Gasteiger partial charge in [-0.2, -0.15) is 0 Å². The van der Waals surface area contributed by atoms with Gasteiger partial charge in [0.25, 0.3) is 0 Å². The third-order valence-electron chi connectivity index (χ3n) is 13.6. The second-order valence-corrected chi connectivity index (χ2v) is 18.5. The number of benzene rings is 9. The smallest absolute Gasteiger partial charge is 0.164 e. The van der Waals surface area contributed by atoms with Crippen molar-refractivity contribution in [2.45, 2.75) is 5.41 Å². The summed E-state index contributed by atoms with van der Waals surface area (Å²) in [4.78, 5) is 26.5. The Balaban J connectivity index is 1.04. The molecule has 4 heterocycles. The Kier molecular flexibility index (Phi) is 8.87. The molecule has 0 unspecified atom stereocenters. The van der Waals surface area contributed by atoms with Crippen LogP contribution < -0.4 is 4.74 Å². The highest BCUT2D eigenvalue weighted by molar-refractivity contribution is 7.26. The third-order valence-corrected chi connectivity index (χ3v) is 14.8. The number of hydrogen-bond acceptors (Lipinski definition) is 7. The van der Waals surface area contributed by atoms with E-state index in [9.17, 15) is 0 Å². The molecule has 3 aromatic heterocycles. The van der Waals surface area contributed by atoms with E-state index in [4.69, 9.17) is 29.7 Å². The predicted octanol–water partition coefficient (Wildman–Crippen LogP) is 15.5. The summed E-state index contributed by atoms with van der Waals surface area (Å²) in [5.41, 5.74) is 14.6. The number of nitrogens with zero attached hydrogens (tertiary/aromatic N) is 5. The molecule has 0 saturated carbocycles. The molecular weight excluding hydrogens is 863 g/mol. The van der Waals surface area contributed by atoms with Crippen LogP contribution in [0.3, 0.4) is 0 Å². The lowest BCUT2D eigenvalue weighted by Gasteiger charge is -2.40. The van der Waals surface area contributed by atoms with E-state index >= 15 is 0 Å². The molecule has 9 aromatic carbocycles. The number of aromatic nitrogens is 5. The topological polar surface area (TPSA) is 73.7 Å². The SMILES string of the molecule is c1ccc(-c2nc(-c3ccccc3)nc(-c3cccc4c3C3(c5ccccc5Oc5ccccc53)c3cccc(-c5cccc(-c6nc(-c7ccccc7)c7sc8ccccc8c7n6)c5)c3-4)n2)cc1. The Labute approximate surface area is 402 Å². The van der Waals surface area contributed by atoms with Gasteiger partial charge < -0.3 is 4.74 Å². The Morgan fingerprint density at radius 3 is 1.58 bits per heavy atom. The van der Waals surface area contributed by atoms with Crippen LogP contribution in [0.25, 0.3) is 99.4 Å². The van der Waals surface area contributed by atoms with Gasteiger partial charge in [-0.15, -0.1) is 11.3 Å². The van der Waals surface area contributed by atoms with E-state index < -0.39 is 5.41 Å². The molecule has 0 fully saturated rings. The first-order valence-electron chi connectivity index (χ1n) is 23.1. The number of thiophene rings is 1. The molecule has 0 radical (unpaired) electrons. The number of para-hydroxylation sites is 2. The van der Waals surface area contributed by atoms with Crippen molar-refractivity contribution in [3.05, 3.63) is 247 Å². The predicted molar refractivity (Wildman–Crippen MR) is 278 cm³/mol. The van der Waals surface area contributed by atoms with Crippen LogP contribution in [0.4, 0.5) is 0 Å². The van der Waals surface area contributed by atoms with Crippen LogP contribution in [0.5, 0.6) is 11.5 Å². The number of ether oxygens (including phenoxy) is 1. The van der Waals surface area contributed by atoms with Crippen molar-refractivity contribution in [3.63, 3.8) is 0 Å². The molecule has 6 nitrogen and oxygen atoms in total. The molecule has 1 spiro atoms. The molecule has 1 aliphatic carbocycles. The molecule has 1 aliphatic heterocycles. The molecule has 322 valence electrons. The van der Waals surface area contributed by atoms with E-state index in [1.165, 1.54) is 4.70 Å². The van der Waals surface area contributed by atoms with Crippen LogP contribution in [0.1, 0.15) is 22.3 Å². The van der Waals surface area contributed by atoms with Crippen LogP contribution >= 0.6 is 11.3 Å². The highest BCUT2D eigenvalue weighted by atomic mass is 32.1. The molecule has 0 saturated heterocycles. The zero-order valence-corrected chi connectivity index (χ0v) is 37.7. The fourth-order valence-corrected chi connectivity index (χ4v) is 11.9. The molecule has 14 rings (SSSR count). The standard InChI is InChI=1S/C62H37N5OS/c1-4-19-38(20-5-1)55-57-56(44-27-10-15-36-52(44)69-57)64-60(63-55)42-26-16-25-41(37-42)43-28-18-33-49-53(43)45-29-17-30-46(54(45)62(49)47-31-11-13-34-50(47)68-51-35-14-12-32-48(51)62)61-66-58(39-21-6-2-7-22-39)65-59(67-61)40-23-8-3-9-24-40/h1-37H. The summed E-state index contributed by atoms with van der Waals surface area (Å²) >= 11 is 1.75. The molecule has 0 atom stereocenters. The van der Waals surface area contributed by atoms with Crippen molar-refractivity contribution >= 4 is 31.6 Å². The summed E-state index contributed by atoms with van der Waals surface area (Å²) in [6.07, 6.45) is 0. The lowest BCUT2D eigenvalue weighted by molar-refractivity contribution is 0.436. The maximum Gasteiger partial charge on any atom is 0.164 e. The zero-order valence-electron chi connectivity index (χ0n) is 36.9. The number of fused-ring (bicyclic) bond motifs is 12. The molecular formula is C62H37N5OS. The summed E-state index contributed by atoms with van der Waals surface area (Å²) in [7, 11) is 0.